The first-order valence-corrected chi connectivity index (χ1v) is 48.8. The highest BCUT2D eigenvalue weighted by atomic mass is 16.4. The molecular formula is C132H84N6O6. The van der Waals surface area contributed by atoms with E-state index >= 15 is 0 Å². The largest absolute Gasteiger partial charge is 0.456 e. The average Bonchev–Trinajstić information content (AvgIpc) is 1.58. The van der Waals surface area contributed by atoms with Crippen LogP contribution in [0.4, 0.5) is 68.2 Å². The van der Waals surface area contributed by atoms with Crippen molar-refractivity contribution >= 4 is 243 Å². The molecule has 144 heavy (non-hydrogen) atoms. The molecule has 0 amide bonds. The number of hydrogen-bond donors (Lipinski definition) is 0. The first-order chi connectivity index (χ1) is 70.9. The summed E-state index contributed by atoms with van der Waals surface area (Å²) in [7, 11) is 0. The summed E-state index contributed by atoms with van der Waals surface area (Å²) in [5.41, 5.74) is 30.4. The maximum Gasteiger partial charge on any atom is 0.159 e. The Morgan fingerprint density at radius 3 is 0.875 bits per heavy atom. The summed E-state index contributed by atoms with van der Waals surface area (Å²) < 4.78 is 41.5. The van der Waals surface area contributed by atoms with Crippen LogP contribution >= 0.6 is 0 Å². The van der Waals surface area contributed by atoms with Gasteiger partial charge >= 0.3 is 0 Å². The number of hydrogen-bond acceptors (Lipinski definition) is 12. The average molecular weight is 1850 g/mol. The van der Waals surface area contributed by atoms with E-state index in [9.17, 15) is 10.5 Å². The van der Waals surface area contributed by atoms with Crippen molar-refractivity contribution in [3.05, 3.63) is 459 Å². The highest BCUT2D eigenvalue weighted by Gasteiger charge is 2.28. The fourth-order valence-electron chi connectivity index (χ4n) is 22.1. The molecule has 0 aliphatic heterocycles. The molecule has 0 saturated heterocycles. The van der Waals surface area contributed by atoms with E-state index in [0.29, 0.717) is 17.0 Å². The smallest absolute Gasteiger partial charge is 0.159 e. The second-order valence-corrected chi connectivity index (χ2v) is 38.3. The number of nitrogens with zero attached hydrogens (tertiary/aromatic N) is 6. The van der Waals surface area contributed by atoms with Gasteiger partial charge in [0.15, 0.2) is 11.2 Å². The van der Waals surface area contributed by atoms with Gasteiger partial charge in [-0.3, -0.25) is 0 Å². The van der Waals surface area contributed by atoms with Gasteiger partial charge in [-0.2, -0.15) is 10.5 Å². The van der Waals surface area contributed by atoms with Crippen LogP contribution in [-0.2, 0) is 6.42 Å². The minimum absolute atomic E-state index is 0.194. The summed E-state index contributed by atoms with van der Waals surface area (Å²) in [4.78, 5) is 9.09. The standard InChI is InChI=1S/C132H84N6O6/c1-78(2)83-39-51-99(52-40-83)135(97-47-33-81(76-133)34-48-97)101-55-43-87-64-111-115-72-116-112-65-88-44-56-102(61-92(88)69-122(112)140-126(116)74-125(115)139-121(111)68-91(87)60-101)136(98-49-35-82(77-134)36-50-98)100-53-41-84(42-54-100)79(3)59-80-31-37-86(38-32-80)106-24-14-26-108-110-28-16-30-120(132(110)144-130(106)108)138(96-21-11-6-12-22-96)104-58-46-90-67-114-118-73-117-113-66-89-45-57-103(62-93(89)70-123(113)141-127(117)75-128(118)142-124(114)71-94(90)63-104)137(95-19-9-5-10-20-95)119-29-15-27-109-107-25-13-23-105(129(107)143-131(109)119)85-17-7-4-8-18-85/h4-58,60-75,78-79H,59H2,1-3H3. The number of fused-ring (bicyclic) bond motifs is 22. The molecule has 0 bridgehead atoms. The molecule has 22 aromatic carbocycles. The first kappa shape index (κ1) is 83.1. The maximum atomic E-state index is 9.95. The minimum Gasteiger partial charge on any atom is -0.456 e. The Bertz CT molecular complexity index is 10200. The van der Waals surface area contributed by atoms with E-state index in [0.717, 1.165) is 272 Å². The molecule has 0 aliphatic carbocycles. The summed E-state index contributed by atoms with van der Waals surface area (Å²) in [6, 6.07) is 157. The van der Waals surface area contributed by atoms with E-state index in [1.165, 1.54) is 16.7 Å². The Hall–Kier alpha value is -19.1. The van der Waals surface area contributed by atoms with Gasteiger partial charge in [-0.05, 0) is 308 Å². The van der Waals surface area contributed by atoms with Crippen molar-refractivity contribution in [3.8, 4) is 34.4 Å². The Labute approximate surface area is 825 Å². The quantitative estimate of drug-likeness (QED) is 0.0808. The molecule has 0 radical (unpaired) electrons. The molecular weight excluding hydrogens is 1770 g/mol. The van der Waals surface area contributed by atoms with Crippen LogP contribution in [0.25, 0.3) is 197 Å². The molecule has 0 fully saturated rings. The number of furan rings is 6. The molecule has 1 unspecified atom stereocenters. The number of anilines is 12. The number of rotatable bonds is 18. The molecule has 0 aliphatic rings. The predicted octanol–water partition coefficient (Wildman–Crippen LogP) is 38.1. The van der Waals surface area contributed by atoms with Gasteiger partial charge < -0.3 is 46.1 Å². The van der Waals surface area contributed by atoms with Crippen molar-refractivity contribution in [2.75, 3.05) is 19.6 Å². The third-order valence-electron chi connectivity index (χ3n) is 29.4. The Morgan fingerprint density at radius 1 is 0.215 bits per heavy atom. The summed E-state index contributed by atoms with van der Waals surface area (Å²) >= 11 is 0. The van der Waals surface area contributed by atoms with Crippen LogP contribution in [0.3, 0.4) is 0 Å². The van der Waals surface area contributed by atoms with Crippen LogP contribution in [0.5, 0.6) is 0 Å². The maximum absolute atomic E-state index is 9.95. The Kier molecular flexibility index (Phi) is 19.1. The van der Waals surface area contributed by atoms with E-state index in [4.69, 9.17) is 26.5 Å². The second-order valence-electron chi connectivity index (χ2n) is 38.3. The number of para-hydroxylation sites is 6. The fraction of sp³-hybridized carbons (Fsp3) is 0.0455. The van der Waals surface area contributed by atoms with Crippen LogP contribution in [0.15, 0.2) is 457 Å². The van der Waals surface area contributed by atoms with E-state index in [1.807, 2.05) is 60.7 Å². The third kappa shape index (κ3) is 13.9. The van der Waals surface area contributed by atoms with Gasteiger partial charge in [-0.15, -0.1) is 0 Å². The normalized spacial score (nSPS) is 12.2. The van der Waals surface area contributed by atoms with Crippen LogP contribution in [0, 0.1) is 22.7 Å². The number of nitriles is 2. The van der Waals surface area contributed by atoms with Gasteiger partial charge in [0.2, 0.25) is 0 Å². The zero-order valence-corrected chi connectivity index (χ0v) is 78.5. The molecule has 0 spiro atoms. The van der Waals surface area contributed by atoms with Gasteiger partial charge in [-0.25, -0.2) is 0 Å². The summed E-state index contributed by atoms with van der Waals surface area (Å²) in [5.74, 6) is 0.598. The first-order valence-electron chi connectivity index (χ1n) is 48.8. The zero-order valence-electron chi connectivity index (χ0n) is 78.5. The minimum atomic E-state index is 0.194. The molecule has 12 heteroatoms. The van der Waals surface area contributed by atoms with Crippen LogP contribution < -0.4 is 19.6 Å². The van der Waals surface area contributed by atoms with Crippen LogP contribution in [0.1, 0.15) is 60.4 Å². The molecule has 28 aromatic rings. The molecule has 0 saturated carbocycles. The van der Waals surface area contributed by atoms with E-state index < -0.39 is 0 Å². The molecule has 6 heterocycles. The van der Waals surface area contributed by atoms with E-state index in [1.54, 1.807) is 0 Å². The van der Waals surface area contributed by atoms with Gasteiger partial charge in [0.25, 0.3) is 0 Å². The Balaban J connectivity index is 0.439. The molecule has 1 atom stereocenters. The summed E-state index contributed by atoms with van der Waals surface area (Å²) in [6.45, 7) is 6.71. The van der Waals surface area contributed by atoms with Crippen LogP contribution in [0.2, 0.25) is 0 Å². The second kappa shape index (κ2) is 33.0. The lowest BCUT2D eigenvalue weighted by atomic mass is 9.92. The lowest BCUT2D eigenvalue weighted by Gasteiger charge is -2.26. The summed E-state index contributed by atoms with van der Waals surface area (Å²) in [6.07, 6.45) is 0.830. The number of benzene rings is 22. The third-order valence-corrected chi connectivity index (χ3v) is 29.4. The highest BCUT2D eigenvalue weighted by molar-refractivity contribution is 6.23. The van der Waals surface area contributed by atoms with Gasteiger partial charge in [0.1, 0.15) is 55.8 Å². The lowest BCUT2D eigenvalue weighted by molar-refractivity contribution is 0.656. The topological polar surface area (TPSA) is 139 Å². The molecule has 0 N–H and O–H groups in total. The highest BCUT2D eigenvalue weighted by Crippen LogP contribution is 2.52. The van der Waals surface area contributed by atoms with Crippen molar-refractivity contribution in [3.63, 3.8) is 0 Å². The Morgan fingerprint density at radius 2 is 0.514 bits per heavy atom. The van der Waals surface area contributed by atoms with Gasteiger partial charge in [0, 0.05) is 145 Å². The molecule has 6 aromatic heterocycles. The monoisotopic (exact) mass is 1850 g/mol. The van der Waals surface area contributed by atoms with Gasteiger partial charge in [0.05, 0.1) is 34.6 Å². The van der Waals surface area contributed by atoms with E-state index in [-0.39, 0.29) is 5.92 Å². The zero-order chi connectivity index (χ0) is 95.6. The SMILES string of the molecule is CC(C)c1ccc(N(c2ccc(C#N)cc2)c2ccc3cc4c(cc3c2)oc2cc3oc5cc6cc(N(c7ccc(C#N)cc7)c7ccc(C(C)Cc8ccc(-c9cccc%10c9oc9c(N(c%11ccccc%11)c%11ccc%12cc%13c(cc%12c%11)oc%11cc%12oc%14cc%15cc(N(c%16ccccc%16)c%16cccc%17c%16oc%16c(-c%18ccccc%18)cccc%16%17)ccc%15cc%14c%12cc%11%13)cccc9%10)cc8)cc7)ccc6cc5c3cc24)cc1. The fourth-order valence-corrected chi connectivity index (χ4v) is 22.1. The van der Waals surface area contributed by atoms with Crippen LogP contribution in [-0.4, -0.2) is 0 Å². The van der Waals surface area contributed by atoms with Gasteiger partial charge in [-0.1, -0.05) is 221 Å². The molecule has 12 nitrogen and oxygen atoms in total. The predicted molar refractivity (Wildman–Crippen MR) is 592 cm³/mol. The lowest BCUT2D eigenvalue weighted by Crippen LogP contribution is -2.10. The van der Waals surface area contributed by atoms with Crippen molar-refractivity contribution in [1.29, 1.82) is 10.5 Å². The van der Waals surface area contributed by atoms with E-state index in [2.05, 4.69) is 423 Å². The molecule has 28 rings (SSSR count). The van der Waals surface area contributed by atoms with Crippen molar-refractivity contribution in [2.24, 2.45) is 0 Å². The van der Waals surface area contributed by atoms with Crippen molar-refractivity contribution in [1.82, 2.24) is 0 Å². The van der Waals surface area contributed by atoms with Crippen molar-refractivity contribution in [2.45, 2.75) is 39.0 Å². The summed E-state index contributed by atoms with van der Waals surface area (Å²) in [5, 5.41) is 40.5. The molecule has 678 valence electrons. The van der Waals surface area contributed by atoms with Crippen molar-refractivity contribution < 1.29 is 26.5 Å².